The first kappa shape index (κ1) is 23.9. The molecule has 0 aliphatic heterocycles. The van der Waals surface area contributed by atoms with Gasteiger partial charge < -0.3 is 10.1 Å². The van der Waals surface area contributed by atoms with Crippen LogP contribution in [0.25, 0.3) is 10.9 Å². The molecule has 8 heteroatoms. The van der Waals surface area contributed by atoms with E-state index in [1.54, 1.807) is 6.07 Å². The van der Waals surface area contributed by atoms with Gasteiger partial charge in [-0.3, -0.25) is 4.98 Å². The number of alkyl halides is 3. The molecule has 0 radical (unpaired) electrons. The summed E-state index contributed by atoms with van der Waals surface area (Å²) in [6, 6.07) is 13.4. The number of rotatable bonds is 6. The summed E-state index contributed by atoms with van der Waals surface area (Å²) in [5.74, 6) is -3.31. The second kappa shape index (κ2) is 8.51. The number of aromatic amines is 1. The van der Waals surface area contributed by atoms with Gasteiger partial charge in [-0.05, 0) is 47.7 Å². The van der Waals surface area contributed by atoms with E-state index >= 15 is 0 Å². The van der Waals surface area contributed by atoms with Crippen molar-refractivity contribution >= 4 is 10.9 Å². The maximum atomic E-state index is 15.0. The lowest BCUT2D eigenvalue weighted by molar-refractivity contribution is -0.272. The standard InChI is InChI=1S/C26H23F5N2O/c1-24(2,17-6-5-7-18(27)13-17)15-25(34,26(29,30)31)23(19-8-3-4-9-20(19)28)21-12-16-10-11-32-14-22(16)33-21/h3-14,23,33-34H,15H2,1-2H3. The molecular weight excluding hydrogens is 451 g/mol. The van der Waals surface area contributed by atoms with E-state index < -0.39 is 41.2 Å². The second-order valence-corrected chi connectivity index (χ2v) is 9.14. The van der Waals surface area contributed by atoms with Crippen LogP contribution in [-0.4, -0.2) is 26.9 Å². The summed E-state index contributed by atoms with van der Waals surface area (Å²) in [4.78, 5) is 6.85. The Morgan fingerprint density at radius 2 is 1.71 bits per heavy atom. The Morgan fingerprint density at radius 1 is 0.971 bits per heavy atom. The van der Waals surface area contributed by atoms with Gasteiger partial charge in [-0.25, -0.2) is 8.78 Å². The summed E-state index contributed by atoms with van der Waals surface area (Å²) in [6.07, 6.45) is -3.07. The maximum absolute atomic E-state index is 15.0. The van der Waals surface area contributed by atoms with Crippen LogP contribution in [0.5, 0.6) is 0 Å². The predicted molar refractivity (Wildman–Crippen MR) is 119 cm³/mol. The van der Waals surface area contributed by atoms with E-state index in [4.69, 9.17) is 0 Å². The van der Waals surface area contributed by atoms with Crippen molar-refractivity contribution < 1.29 is 27.1 Å². The molecule has 178 valence electrons. The van der Waals surface area contributed by atoms with Crippen molar-refractivity contribution in [2.75, 3.05) is 0 Å². The number of H-pyrrole nitrogens is 1. The third kappa shape index (κ3) is 4.30. The molecule has 0 fully saturated rings. The van der Waals surface area contributed by atoms with Gasteiger partial charge in [-0.15, -0.1) is 0 Å². The van der Waals surface area contributed by atoms with Crippen molar-refractivity contribution in [2.45, 2.75) is 43.4 Å². The Labute approximate surface area is 193 Å². The Bertz CT molecular complexity index is 1280. The second-order valence-electron chi connectivity index (χ2n) is 9.14. The molecule has 0 spiro atoms. The summed E-state index contributed by atoms with van der Waals surface area (Å²) in [7, 11) is 0. The molecule has 4 rings (SSSR count). The van der Waals surface area contributed by atoms with E-state index in [1.807, 2.05) is 0 Å². The van der Waals surface area contributed by atoms with Gasteiger partial charge in [0.1, 0.15) is 11.6 Å². The van der Waals surface area contributed by atoms with Crippen LogP contribution >= 0.6 is 0 Å². The third-order valence-electron chi connectivity index (χ3n) is 6.26. The molecule has 0 aliphatic carbocycles. The number of benzene rings is 2. The Balaban J connectivity index is 1.94. The fourth-order valence-electron chi connectivity index (χ4n) is 4.59. The Hall–Kier alpha value is -3.26. The highest BCUT2D eigenvalue weighted by molar-refractivity contribution is 5.79. The highest BCUT2D eigenvalue weighted by atomic mass is 19.4. The van der Waals surface area contributed by atoms with Gasteiger partial charge in [-0.2, -0.15) is 13.2 Å². The Morgan fingerprint density at radius 3 is 2.35 bits per heavy atom. The zero-order chi connectivity index (χ0) is 24.7. The number of aromatic nitrogens is 2. The molecule has 2 aromatic heterocycles. The summed E-state index contributed by atoms with van der Waals surface area (Å²) >= 11 is 0. The lowest BCUT2D eigenvalue weighted by Crippen LogP contribution is -2.54. The SMILES string of the molecule is CC(C)(CC(O)(C(c1cc2ccncc2[nH]1)c1ccccc1F)C(F)(F)F)c1cccc(F)c1. The molecule has 0 saturated heterocycles. The van der Waals surface area contributed by atoms with Gasteiger partial charge in [0.15, 0.2) is 5.60 Å². The van der Waals surface area contributed by atoms with Gasteiger partial charge in [0, 0.05) is 22.8 Å². The lowest BCUT2D eigenvalue weighted by atomic mass is 9.68. The first-order valence-corrected chi connectivity index (χ1v) is 10.6. The summed E-state index contributed by atoms with van der Waals surface area (Å²) in [6.45, 7) is 2.98. The number of hydrogen-bond acceptors (Lipinski definition) is 2. The monoisotopic (exact) mass is 474 g/mol. The van der Waals surface area contributed by atoms with E-state index in [1.165, 1.54) is 68.7 Å². The fraction of sp³-hybridized carbons (Fsp3) is 0.269. The van der Waals surface area contributed by atoms with Gasteiger partial charge in [-0.1, -0.05) is 44.2 Å². The quantitative estimate of drug-likeness (QED) is 0.308. The minimum absolute atomic E-state index is 0.0111. The molecule has 2 N–H and O–H groups in total. The van der Waals surface area contributed by atoms with Crippen LogP contribution in [0.3, 0.4) is 0 Å². The normalized spacial score (nSPS) is 15.3. The fourth-order valence-corrected chi connectivity index (χ4v) is 4.59. The molecule has 0 amide bonds. The average Bonchev–Trinajstić information content (AvgIpc) is 3.17. The topological polar surface area (TPSA) is 48.9 Å². The number of halogens is 5. The van der Waals surface area contributed by atoms with E-state index in [0.29, 0.717) is 10.9 Å². The van der Waals surface area contributed by atoms with Crippen molar-refractivity contribution in [3.8, 4) is 0 Å². The van der Waals surface area contributed by atoms with Crippen molar-refractivity contribution in [3.63, 3.8) is 0 Å². The molecule has 0 aliphatic rings. The summed E-state index contributed by atoms with van der Waals surface area (Å²) in [5, 5.41) is 12.1. The first-order chi connectivity index (χ1) is 15.9. The number of hydrogen-bond donors (Lipinski definition) is 2. The smallest absolute Gasteiger partial charge is 0.380 e. The Kier molecular flexibility index (Phi) is 5.97. The number of pyridine rings is 1. The molecular formula is C26H23F5N2O. The molecule has 2 aromatic carbocycles. The number of nitrogens with one attached hydrogen (secondary N) is 1. The minimum atomic E-state index is -5.15. The molecule has 3 nitrogen and oxygen atoms in total. The zero-order valence-corrected chi connectivity index (χ0v) is 18.5. The molecule has 34 heavy (non-hydrogen) atoms. The van der Waals surface area contributed by atoms with Crippen LogP contribution in [0.1, 0.15) is 43.0 Å². The maximum Gasteiger partial charge on any atom is 0.418 e. The van der Waals surface area contributed by atoms with Gasteiger partial charge in [0.05, 0.1) is 17.6 Å². The lowest BCUT2D eigenvalue weighted by Gasteiger charge is -2.42. The van der Waals surface area contributed by atoms with Crippen molar-refractivity contribution in [1.82, 2.24) is 9.97 Å². The van der Waals surface area contributed by atoms with Gasteiger partial charge >= 0.3 is 6.18 Å². The zero-order valence-electron chi connectivity index (χ0n) is 18.5. The highest BCUT2D eigenvalue weighted by Crippen LogP contribution is 2.51. The molecule has 0 bridgehead atoms. The summed E-state index contributed by atoms with van der Waals surface area (Å²) in [5.41, 5.74) is -4.31. The van der Waals surface area contributed by atoms with Crippen molar-refractivity contribution in [3.05, 3.63) is 102 Å². The number of fused-ring (bicyclic) bond motifs is 1. The van der Waals surface area contributed by atoms with Crippen LogP contribution < -0.4 is 0 Å². The van der Waals surface area contributed by atoms with E-state index in [9.17, 15) is 27.1 Å². The first-order valence-electron chi connectivity index (χ1n) is 10.6. The van der Waals surface area contributed by atoms with Crippen LogP contribution in [-0.2, 0) is 5.41 Å². The van der Waals surface area contributed by atoms with E-state index in [0.717, 1.165) is 12.1 Å². The molecule has 0 saturated carbocycles. The predicted octanol–water partition coefficient (Wildman–Crippen LogP) is 6.63. The van der Waals surface area contributed by atoms with Gasteiger partial charge in [0.25, 0.3) is 0 Å². The summed E-state index contributed by atoms with van der Waals surface area (Å²) < 4.78 is 73.1. The average molecular weight is 474 g/mol. The number of nitrogens with zero attached hydrogens (tertiary/aromatic N) is 1. The molecule has 4 aromatic rings. The third-order valence-corrected chi connectivity index (χ3v) is 6.26. The van der Waals surface area contributed by atoms with Crippen molar-refractivity contribution in [2.24, 2.45) is 0 Å². The number of aliphatic hydroxyl groups is 1. The largest absolute Gasteiger partial charge is 0.418 e. The molecule has 2 unspecified atom stereocenters. The van der Waals surface area contributed by atoms with Crippen LogP contribution in [0.4, 0.5) is 22.0 Å². The molecule has 2 atom stereocenters. The van der Waals surface area contributed by atoms with Crippen LogP contribution in [0.2, 0.25) is 0 Å². The van der Waals surface area contributed by atoms with Crippen LogP contribution in [0.15, 0.2) is 73.1 Å². The van der Waals surface area contributed by atoms with E-state index in [2.05, 4.69) is 9.97 Å². The van der Waals surface area contributed by atoms with Gasteiger partial charge in [0.2, 0.25) is 0 Å². The minimum Gasteiger partial charge on any atom is -0.380 e. The highest BCUT2D eigenvalue weighted by Gasteiger charge is 2.61. The van der Waals surface area contributed by atoms with E-state index in [-0.39, 0.29) is 16.8 Å². The molecule has 2 heterocycles. The van der Waals surface area contributed by atoms with Crippen molar-refractivity contribution in [1.29, 1.82) is 0 Å². The van der Waals surface area contributed by atoms with Crippen LogP contribution in [0, 0.1) is 11.6 Å².